The van der Waals surface area contributed by atoms with Crippen LogP contribution in [0.1, 0.15) is 5.56 Å². The Balaban J connectivity index is 1.73. The Morgan fingerprint density at radius 1 is 0.706 bits per heavy atom. The Hall–Kier alpha value is -4.26. The van der Waals surface area contributed by atoms with Crippen LogP contribution in [0.4, 0.5) is 0 Å². The second-order valence-corrected chi connectivity index (χ2v) is 7.87. The number of fused-ring (bicyclic) bond motifs is 3. The van der Waals surface area contributed by atoms with E-state index in [4.69, 9.17) is 18.9 Å². The lowest BCUT2D eigenvalue weighted by atomic mass is 10.0. The third-order valence-electron chi connectivity index (χ3n) is 5.96. The first-order valence-corrected chi connectivity index (χ1v) is 10.8. The SMILES string of the molecule is COc1ccc(-c2nnc3c4cc(OC)c(OC)cc4n(Cc4cccc(OC)c4)cc2-3)cc1. The summed E-state index contributed by atoms with van der Waals surface area (Å²) in [5.41, 5.74) is 5.62. The summed E-state index contributed by atoms with van der Waals surface area (Å²) in [5, 5.41) is 10.0. The van der Waals surface area contributed by atoms with Crippen LogP contribution in [0.3, 0.4) is 0 Å². The molecule has 7 heteroatoms. The number of aromatic nitrogens is 3. The molecule has 7 nitrogen and oxygen atoms in total. The Morgan fingerprint density at radius 3 is 2.12 bits per heavy atom. The van der Waals surface area contributed by atoms with Crippen LogP contribution < -0.4 is 18.9 Å². The van der Waals surface area contributed by atoms with Crippen molar-refractivity contribution in [2.24, 2.45) is 0 Å². The fraction of sp³-hybridized carbons (Fsp3) is 0.185. The maximum Gasteiger partial charge on any atom is 0.162 e. The van der Waals surface area contributed by atoms with Crippen LogP contribution in [0.15, 0.2) is 66.9 Å². The van der Waals surface area contributed by atoms with E-state index in [-0.39, 0.29) is 0 Å². The van der Waals surface area contributed by atoms with Crippen molar-refractivity contribution in [2.45, 2.75) is 6.54 Å². The summed E-state index contributed by atoms with van der Waals surface area (Å²) in [6.45, 7) is 0.631. The molecule has 0 radical (unpaired) electrons. The molecule has 0 saturated heterocycles. The maximum atomic E-state index is 5.59. The number of methoxy groups -OCH3 is 4. The standard InChI is InChI=1S/C27H25N3O4/c1-31-19-10-8-18(9-11-19)26-22-16-30(15-17-6-5-7-20(12-17)32-2)23-14-25(34-4)24(33-3)13-21(23)27(22)29-28-26/h5-14,16H,15H2,1-4H3. The zero-order valence-electron chi connectivity index (χ0n) is 19.5. The van der Waals surface area contributed by atoms with E-state index in [1.165, 1.54) is 0 Å². The number of benzene rings is 3. The van der Waals surface area contributed by atoms with Crippen molar-refractivity contribution >= 4 is 10.9 Å². The molecule has 0 atom stereocenters. The van der Waals surface area contributed by atoms with Gasteiger partial charge in [-0.1, -0.05) is 12.1 Å². The lowest BCUT2D eigenvalue weighted by Gasteiger charge is -2.18. The second-order valence-electron chi connectivity index (χ2n) is 7.87. The largest absolute Gasteiger partial charge is 0.497 e. The van der Waals surface area contributed by atoms with Crippen molar-refractivity contribution in [3.63, 3.8) is 0 Å². The van der Waals surface area contributed by atoms with Gasteiger partial charge in [-0.3, -0.25) is 0 Å². The predicted octanol–water partition coefficient (Wildman–Crippen LogP) is 5.29. The molecule has 3 aromatic carbocycles. The van der Waals surface area contributed by atoms with Crippen LogP contribution in [0, 0.1) is 0 Å². The van der Waals surface area contributed by atoms with Crippen LogP contribution >= 0.6 is 0 Å². The summed E-state index contributed by atoms with van der Waals surface area (Å²) >= 11 is 0. The van der Waals surface area contributed by atoms with Gasteiger partial charge in [0.05, 0.1) is 34.0 Å². The van der Waals surface area contributed by atoms with Crippen molar-refractivity contribution in [3.8, 4) is 45.5 Å². The van der Waals surface area contributed by atoms with E-state index in [2.05, 4.69) is 27.0 Å². The highest BCUT2D eigenvalue weighted by Crippen LogP contribution is 2.41. The summed E-state index contributed by atoms with van der Waals surface area (Å²) in [4.78, 5) is 0. The molecular weight excluding hydrogens is 430 g/mol. The molecule has 0 bridgehead atoms. The predicted molar refractivity (Wildman–Crippen MR) is 131 cm³/mol. The van der Waals surface area contributed by atoms with Crippen LogP contribution in [-0.4, -0.2) is 43.2 Å². The van der Waals surface area contributed by atoms with Crippen molar-refractivity contribution < 1.29 is 18.9 Å². The molecule has 2 heterocycles. The average molecular weight is 456 g/mol. The van der Waals surface area contributed by atoms with Gasteiger partial charge in [0, 0.05) is 35.3 Å². The van der Waals surface area contributed by atoms with Gasteiger partial charge in [-0.15, -0.1) is 10.2 Å². The first-order chi connectivity index (χ1) is 16.6. The zero-order chi connectivity index (χ0) is 23.7. The van der Waals surface area contributed by atoms with Gasteiger partial charge in [0.25, 0.3) is 0 Å². The highest BCUT2D eigenvalue weighted by atomic mass is 16.5. The Morgan fingerprint density at radius 2 is 1.41 bits per heavy atom. The Labute approximate surface area is 197 Å². The summed E-state index contributed by atoms with van der Waals surface area (Å²) < 4.78 is 24.1. The molecule has 0 N–H and O–H groups in total. The van der Waals surface area contributed by atoms with E-state index < -0.39 is 0 Å². The van der Waals surface area contributed by atoms with E-state index >= 15 is 0 Å². The molecule has 172 valence electrons. The van der Waals surface area contributed by atoms with Gasteiger partial charge in [0.15, 0.2) is 11.5 Å². The summed E-state index contributed by atoms with van der Waals surface area (Å²) in [6.07, 6.45) is 2.10. The Bertz CT molecular complexity index is 1430. The molecule has 0 unspecified atom stereocenters. The van der Waals surface area contributed by atoms with Crippen LogP contribution in [0.25, 0.3) is 33.4 Å². The van der Waals surface area contributed by atoms with Gasteiger partial charge in [0.1, 0.15) is 22.9 Å². The van der Waals surface area contributed by atoms with Crippen LogP contribution in [-0.2, 0) is 6.54 Å². The van der Waals surface area contributed by atoms with E-state index in [0.717, 1.165) is 50.5 Å². The molecule has 0 saturated carbocycles. The van der Waals surface area contributed by atoms with Crippen LogP contribution in [0.2, 0.25) is 0 Å². The molecule has 2 aliphatic heterocycles. The number of rotatable bonds is 7. The molecule has 5 rings (SSSR count). The molecule has 3 aromatic rings. The van der Waals surface area contributed by atoms with E-state index in [9.17, 15) is 0 Å². The highest BCUT2D eigenvalue weighted by Gasteiger charge is 2.22. The van der Waals surface area contributed by atoms with Crippen molar-refractivity contribution in [2.75, 3.05) is 28.4 Å². The number of hydrogen-bond donors (Lipinski definition) is 0. The minimum absolute atomic E-state index is 0.631. The topological polar surface area (TPSA) is 67.6 Å². The molecule has 0 aromatic heterocycles. The number of pyridine rings is 1. The van der Waals surface area contributed by atoms with E-state index in [1.54, 1.807) is 28.4 Å². The first-order valence-electron chi connectivity index (χ1n) is 10.8. The lowest BCUT2D eigenvalue weighted by Crippen LogP contribution is -2.05. The van der Waals surface area contributed by atoms with E-state index in [1.807, 2.05) is 54.6 Å². The average Bonchev–Trinajstić information content (AvgIpc) is 3.32. The Kier molecular flexibility index (Phi) is 5.67. The quantitative estimate of drug-likeness (QED) is 0.332. The molecule has 34 heavy (non-hydrogen) atoms. The van der Waals surface area contributed by atoms with Crippen LogP contribution in [0.5, 0.6) is 23.0 Å². The lowest BCUT2D eigenvalue weighted by molar-refractivity contribution is 0.355. The minimum Gasteiger partial charge on any atom is -0.497 e. The monoisotopic (exact) mass is 455 g/mol. The van der Waals surface area contributed by atoms with Gasteiger partial charge in [-0.05, 0) is 48.0 Å². The number of hydrogen-bond acceptors (Lipinski definition) is 6. The molecular formula is C27H25N3O4. The molecule has 0 aliphatic carbocycles. The summed E-state index contributed by atoms with van der Waals surface area (Å²) in [5.74, 6) is 2.91. The molecule has 0 spiro atoms. The molecule has 0 amide bonds. The van der Waals surface area contributed by atoms with Gasteiger partial charge >= 0.3 is 0 Å². The second kappa shape index (κ2) is 8.94. The van der Waals surface area contributed by atoms with Crippen molar-refractivity contribution in [1.29, 1.82) is 0 Å². The van der Waals surface area contributed by atoms with Gasteiger partial charge in [-0.25, -0.2) is 0 Å². The summed E-state index contributed by atoms with van der Waals surface area (Å²) in [7, 11) is 6.60. The molecule has 2 aliphatic rings. The summed E-state index contributed by atoms with van der Waals surface area (Å²) in [6, 6.07) is 19.8. The third-order valence-corrected chi connectivity index (χ3v) is 5.96. The fourth-order valence-electron chi connectivity index (χ4n) is 4.22. The van der Waals surface area contributed by atoms with Gasteiger partial charge < -0.3 is 23.5 Å². The van der Waals surface area contributed by atoms with E-state index in [0.29, 0.717) is 18.0 Å². The van der Waals surface area contributed by atoms with Gasteiger partial charge in [-0.2, -0.15) is 0 Å². The molecule has 0 fully saturated rings. The van der Waals surface area contributed by atoms with Crippen molar-refractivity contribution in [1.82, 2.24) is 14.8 Å². The maximum absolute atomic E-state index is 5.59. The number of ether oxygens (including phenoxy) is 4. The zero-order valence-corrected chi connectivity index (χ0v) is 19.5. The fourth-order valence-corrected chi connectivity index (χ4v) is 4.22. The normalized spacial score (nSPS) is 11.1. The van der Waals surface area contributed by atoms with Gasteiger partial charge in [0.2, 0.25) is 0 Å². The number of nitrogens with zero attached hydrogens (tertiary/aromatic N) is 3. The smallest absolute Gasteiger partial charge is 0.162 e. The highest BCUT2D eigenvalue weighted by molar-refractivity contribution is 5.99. The third kappa shape index (κ3) is 3.75. The van der Waals surface area contributed by atoms with Crippen molar-refractivity contribution in [3.05, 3.63) is 72.4 Å². The minimum atomic E-state index is 0.631. The first kappa shape index (κ1) is 21.6.